The van der Waals surface area contributed by atoms with Crippen molar-refractivity contribution < 1.29 is 4.79 Å². The molecule has 3 fully saturated rings. The summed E-state index contributed by atoms with van der Waals surface area (Å²) in [6.07, 6.45) is 4.11. The molecule has 4 heterocycles. The van der Waals surface area contributed by atoms with Gasteiger partial charge in [-0.1, -0.05) is 30.0 Å². The van der Waals surface area contributed by atoms with Crippen LogP contribution in [-0.2, 0) is 0 Å². The number of carbonyl (C=O) groups is 1. The Morgan fingerprint density at radius 1 is 1.29 bits per heavy atom. The highest BCUT2D eigenvalue weighted by Gasteiger charge is 2.40. The summed E-state index contributed by atoms with van der Waals surface area (Å²) in [6.45, 7) is 4.59. The number of piperidine rings is 3. The standard InChI is InChI=1S/C18H21N3OS2/c1-12-16(13-7-9-21(12)10-8-13)20-17(22)15-11-19-18(24-15)23-14-5-3-2-4-6-14/h2-6,11-13,16H,7-10H2,1H3,(H,20,22)/t12-,16-/m0/s1. The molecule has 3 saturated heterocycles. The Labute approximate surface area is 150 Å². The zero-order chi connectivity index (χ0) is 16.5. The smallest absolute Gasteiger partial charge is 0.263 e. The van der Waals surface area contributed by atoms with Crippen molar-refractivity contribution in [3.8, 4) is 0 Å². The summed E-state index contributed by atoms with van der Waals surface area (Å²) < 4.78 is 0.910. The number of aromatic nitrogens is 1. The second-order valence-corrected chi connectivity index (χ2v) is 8.87. The van der Waals surface area contributed by atoms with Crippen LogP contribution in [-0.4, -0.2) is 41.0 Å². The van der Waals surface area contributed by atoms with Gasteiger partial charge >= 0.3 is 0 Å². The first-order valence-corrected chi connectivity index (χ1v) is 10.1. The zero-order valence-corrected chi connectivity index (χ0v) is 15.3. The van der Waals surface area contributed by atoms with Gasteiger partial charge in [-0.3, -0.25) is 9.69 Å². The molecule has 2 aromatic rings. The molecule has 3 aliphatic heterocycles. The predicted molar refractivity (Wildman–Crippen MR) is 97.7 cm³/mol. The molecule has 1 N–H and O–H groups in total. The van der Waals surface area contributed by atoms with Crippen molar-refractivity contribution in [3.05, 3.63) is 41.4 Å². The third kappa shape index (κ3) is 3.23. The van der Waals surface area contributed by atoms with Crippen LogP contribution >= 0.6 is 23.1 Å². The van der Waals surface area contributed by atoms with E-state index in [0.29, 0.717) is 16.8 Å². The monoisotopic (exact) mass is 359 g/mol. The Morgan fingerprint density at radius 3 is 2.75 bits per heavy atom. The molecule has 6 heteroatoms. The number of carbonyl (C=O) groups excluding carboxylic acids is 1. The summed E-state index contributed by atoms with van der Waals surface area (Å²) in [6, 6.07) is 10.8. The molecule has 1 aromatic carbocycles. The highest BCUT2D eigenvalue weighted by atomic mass is 32.2. The van der Waals surface area contributed by atoms with Gasteiger partial charge in [0, 0.05) is 17.0 Å². The first kappa shape index (κ1) is 16.1. The van der Waals surface area contributed by atoms with E-state index in [-0.39, 0.29) is 11.9 Å². The fourth-order valence-corrected chi connectivity index (χ4v) is 5.64. The van der Waals surface area contributed by atoms with E-state index in [1.165, 1.54) is 37.3 Å². The molecule has 2 bridgehead atoms. The normalized spacial score (nSPS) is 28.7. The number of nitrogens with one attached hydrogen (secondary N) is 1. The molecule has 126 valence electrons. The molecule has 24 heavy (non-hydrogen) atoms. The van der Waals surface area contributed by atoms with E-state index in [2.05, 4.69) is 34.3 Å². The van der Waals surface area contributed by atoms with Gasteiger partial charge < -0.3 is 5.32 Å². The average molecular weight is 360 g/mol. The third-order valence-electron chi connectivity index (χ3n) is 5.13. The highest BCUT2D eigenvalue weighted by Crippen LogP contribution is 2.33. The van der Waals surface area contributed by atoms with Crippen molar-refractivity contribution in [2.45, 2.75) is 41.1 Å². The maximum absolute atomic E-state index is 12.6. The lowest BCUT2D eigenvalue weighted by molar-refractivity contribution is 0.0218. The number of benzene rings is 1. The van der Waals surface area contributed by atoms with E-state index >= 15 is 0 Å². The van der Waals surface area contributed by atoms with Crippen LogP contribution in [0.5, 0.6) is 0 Å². The van der Waals surface area contributed by atoms with Gasteiger partial charge in [-0.05, 0) is 50.9 Å². The van der Waals surface area contributed by atoms with Crippen LogP contribution in [0.2, 0.25) is 0 Å². The number of fused-ring (bicyclic) bond motifs is 3. The Bertz CT molecular complexity index is 708. The molecule has 5 rings (SSSR count). The van der Waals surface area contributed by atoms with Gasteiger partial charge in [-0.15, -0.1) is 11.3 Å². The fourth-order valence-electron chi connectivity index (χ4n) is 3.77. The van der Waals surface area contributed by atoms with E-state index in [1.807, 2.05) is 18.2 Å². The molecule has 0 spiro atoms. The molecule has 4 nitrogen and oxygen atoms in total. The number of hydrogen-bond donors (Lipinski definition) is 1. The van der Waals surface area contributed by atoms with Crippen LogP contribution in [0.25, 0.3) is 0 Å². The Morgan fingerprint density at radius 2 is 2.04 bits per heavy atom. The lowest BCUT2D eigenvalue weighted by Crippen LogP contribution is -2.62. The SMILES string of the molecule is C[C@H]1[C@H](NC(=O)c2cnc(Sc3ccccc3)s2)C2CCN1CC2. The van der Waals surface area contributed by atoms with Gasteiger partial charge in [0.2, 0.25) is 0 Å². The minimum atomic E-state index is 0.0259. The minimum Gasteiger partial charge on any atom is -0.347 e. The van der Waals surface area contributed by atoms with Crippen LogP contribution < -0.4 is 5.32 Å². The lowest BCUT2D eigenvalue weighted by Gasteiger charge is -2.49. The second-order valence-electron chi connectivity index (χ2n) is 6.52. The van der Waals surface area contributed by atoms with Crippen LogP contribution in [0, 0.1) is 5.92 Å². The minimum absolute atomic E-state index is 0.0259. The van der Waals surface area contributed by atoms with E-state index in [4.69, 9.17) is 0 Å². The van der Waals surface area contributed by atoms with Crippen LogP contribution in [0.1, 0.15) is 29.4 Å². The first-order valence-electron chi connectivity index (χ1n) is 8.44. The van der Waals surface area contributed by atoms with Crippen molar-refractivity contribution in [3.63, 3.8) is 0 Å². The lowest BCUT2D eigenvalue weighted by atomic mass is 9.79. The fraction of sp³-hybridized carbons (Fsp3) is 0.444. The summed E-state index contributed by atoms with van der Waals surface area (Å²) in [7, 11) is 0. The van der Waals surface area contributed by atoms with E-state index < -0.39 is 0 Å². The number of amides is 1. The predicted octanol–water partition coefficient (Wildman–Crippen LogP) is 3.51. The molecule has 0 radical (unpaired) electrons. The van der Waals surface area contributed by atoms with Crippen LogP contribution in [0.4, 0.5) is 0 Å². The molecule has 2 atom stereocenters. The van der Waals surface area contributed by atoms with E-state index in [1.54, 1.807) is 18.0 Å². The summed E-state index contributed by atoms with van der Waals surface area (Å²) >= 11 is 3.08. The van der Waals surface area contributed by atoms with Gasteiger partial charge in [-0.2, -0.15) is 0 Å². The maximum atomic E-state index is 12.6. The van der Waals surface area contributed by atoms with Gasteiger partial charge in [0.15, 0.2) is 4.34 Å². The van der Waals surface area contributed by atoms with Gasteiger partial charge in [0.05, 0.1) is 6.20 Å². The Kier molecular flexibility index (Phi) is 4.61. The Balaban J connectivity index is 1.42. The van der Waals surface area contributed by atoms with Crippen LogP contribution in [0.3, 0.4) is 0 Å². The number of thiazole rings is 1. The van der Waals surface area contributed by atoms with Crippen molar-refractivity contribution in [2.24, 2.45) is 5.92 Å². The molecule has 0 saturated carbocycles. The Hall–Kier alpha value is -1.37. The van der Waals surface area contributed by atoms with Crippen LogP contribution in [0.15, 0.2) is 45.8 Å². The summed E-state index contributed by atoms with van der Waals surface area (Å²) in [5, 5.41) is 3.27. The van der Waals surface area contributed by atoms with Crippen molar-refractivity contribution in [1.29, 1.82) is 0 Å². The van der Waals surface area contributed by atoms with Gasteiger partial charge in [0.25, 0.3) is 5.91 Å². The quantitative estimate of drug-likeness (QED) is 0.907. The largest absolute Gasteiger partial charge is 0.347 e. The molecule has 3 aliphatic rings. The second kappa shape index (κ2) is 6.86. The molecule has 0 aliphatic carbocycles. The number of hydrogen-bond acceptors (Lipinski definition) is 5. The summed E-state index contributed by atoms with van der Waals surface area (Å²) in [5.74, 6) is 0.651. The number of rotatable bonds is 4. The van der Waals surface area contributed by atoms with Crippen molar-refractivity contribution in [2.75, 3.05) is 13.1 Å². The van der Waals surface area contributed by atoms with Crippen molar-refractivity contribution >= 4 is 29.0 Å². The topological polar surface area (TPSA) is 45.2 Å². The van der Waals surface area contributed by atoms with Crippen molar-refractivity contribution in [1.82, 2.24) is 15.2 Å². The zero-order valence-electron chi connectivity index (χ0n) is 13.6. The number of nitrogens with zero attached hydrogens (tertiary/aromatic N) is 2. The van der Waals surface area contributed by atoms with Gasteiger partial charge in [-0.25, -0.2) is 4.98 Å². The molecular weight excluding hydrogens is 338 g/mol. The molecule has 1 aromatic heterocycles. The first-order chi connectivity index (χ1) is 11.7. The molecule has 0 unspecified atom stereocenters. The van der Waals surface area contributed by atoms with Gasteiger partial charge in [0.1, 0.15) is 4.88 Å². The average Bonchev–Trinajstić information content (AvgIpc) is 3.08. The van der Waals surface area contributed by atoms with E-state index in [9.17, 15) is 4.79 Å². The molecular formula is C18H21N3OS2. The summed E-state index contributed by atoms with van der Waals surface area (Å²) in [4.78, 5) is 21.4. The summed E-state index contributed by atoms with van der Waals surface area (Å²) in [5.41, 5.74) is 0. The molecule has 1 amide bonds. The van der Waals surface area contributed by atoms with E-state index in [0.717, 1.165) is 9.24 Å². The third-order valence-corrected chi connectivity index (χ3v) is 7.21. The maximum Gasteiger partial charge on any atom is 0.263 e. The highest BCUT2D eigenvalue weighted by molar-refractivity contribution is 8.01.